The van der Waals surface area contributed by atoms with E-state index in [0.717, 1.165) is 29.3 Å². The molecule has 2 N–H and O–H groups in total. The van der Waals surface area contributed by atoms with E-state index in [1.807, 2.05) is 17.8 Å². The second kappa shape index (κ2) is 5.30. The molecular weight excluding hydrogens is 242 g/mol. The van der Waals surface area contributed by atoms with E-state index < -0.39 is 0 Å². The van der Waals surface area contributed by atoms with Crippen molar-refractivity contribution in [3.05, 3.63) is 22.7 Å². The minimum absolute atomic E-state index is 0.261. The van der Waals surface area contributed by atoms with Gasteiger partial charge in [0, 0.05) is 23.3 Å². The Hall–Kier alpha value is -0.380. The zero-order chi connectivity index (χ0) is 11.5. The van der Waals surface area contributed by atoms with Crippen LogP contribution in [0.25, 0.3) is 0 Å². The Kier molecular flexibility index (Phi) is 4.00. The molecule has 1 aliphatic heterocycles. The quantitative estimate of drug-likeness (QED) is 0.872. The summed E-state index contributed by atoms with van der Waals surface area (Å²) in [5.41, 5.74) is 2.26. The first kappa shape index (κ1) is 12.1. The third-order valence-electron chi connectivity index (χ3n) is 2.70. The topological polar surface area (TPSA) is 32.3 Å². The maximum Gasteiger partial charge on any atom is 0.0670 e. The second-order valence-electron chi connectivity index (χ2n) is 4.14. The lowest BCUT2D eigenvalue weighted by Crippen LogP contribution is -2.26. The van der Waals surface area contributed by atoms with Crippen molar-refractivity contribution in [1.82, 2.24) is 0 Å². The highest BCUT2D eigenvalue weighted by molar-refractivity contribution is 7.99. The van der Waals surface area contributed by atoms with Crippen molar-refractivity contribution in [3.8, 4) is 0 Å². The third-order valence-corrected chi connectivity index (χ3v) is 4.20. The highest BCUT2D eigenvalue weighted by Gasteiger charge is 2.20. The minimum Gasteiger partial charge on any atom is -0.396 e. The number of benzene rings is 1. The summed E-state index contributed by atoms with van der Waals surface area (Å²) in [6.07, 6.45) is 1.84. The zero-order valence-electron chi connectivity index (χ0n) is 9.29. The molecule has 1 aromatic rings. The van der Waals surface area contributed by atoms with Gasteiger partial charge in [-0.15, -0.1) is 11.8 Å². The largest absolute Gasteiger partial charge is 0.396 e. The van der Waals surface area contributed by atoms with Gasteiger partial charge < -0.3 is 10.4 Å². The molecule has 0 saturated heterocycles. The normalized spacial score (nSPS) is 19.1. The molecule has 0 aromatic heterocycles. The Balaban J connectivity index is 2.14. The monoisotopic (exact) mass is 257 g/mol. The van der Waals surface area contributed by atoms with Crippen LogP contribution in [0, 0.1) is 6.92 Å². The summed E-state index contributed by atoms with van der Waals surface area (Å²) in [6, 6.07) is 4.58. The number of rotatable bonds is 3. The van der Waals surface area contributed by atoms with Gasteiger partial charge >= 0.3 is 0 Å². The molecule has 1 aromatic carbocycles. The molecule has 2 rings (SSSR count). The molecule has 0 aliphatic carbocycles. The molecular formula is C12H16ClNOS. The van der Waals surface area contributed by atoms with Crippen LogP contribution in [0.1, 0.15) is 18.4 Å². The molecule has 0 amide bonds. The average Bonchev–Trinajstić information content (AvgIpc) is 2.26. The summed E-state index contributed by atoms with van der Waals surface area (Å²) in [7, 11) is 0. The number of anilines is 1. The summed E-state index contributed by atoms with van der Waals surface area (Å²) in [6.45, 7) is 2.32. The molecule has 2 nitrogen and oxygen atoms in total. The fourth-order valence-electron chi connectivity index (χ4n) is 1.89. The van der Waals surface area contributed by atoms with E-state index in [2.05, 4.69) is 18.3 Å². The minimum atomic E-state index is 0.261. The van der Waals surface area contributed by atoms with Crippen LogP contribution in [0.2, 0.25) is 5.02 Å². The van der Waals surface area contributed by atoms with Crippen molar-refractivity contribution in [3.63, 3.8) is 0 Å². The van der Waals surface area contributed by atoms with Crippen molar-refractivity contribution in [2.75, 3.05) is 17.7 Å². The number of hydrogen-bond donors (Lipinski definition) is 2. The van der Waals surface area contributed by atoms with E-state index in [9.17, 15) is 0 Å². The fraction of sp³-hybridized carbons (Fsp3) is 0.500. The SMILES string of the molecule is Cc1cc(Cl)c2c(c1)SCC(CCCO)N2. The molecule has 4 heteroatoms. The molecule has 1 aliphatic rings. The van der Waals surface area contributed by atoms with Crippen LogP contribution in [0.15, 0.2) is 17.0 Å². The lowest BCUT2D eigenvalue weighted by Gasteiger charge is -2.27. The Bertz CT molecular complexity index is 384. The predicted molar refractivity (Wildman–Crippen MR) is 70.6 cm³/mol. The van der Waals surface area contributed by atoms with E-state index in [-0.39, 0.29) is 6.61 Å². The van der Waals surface area contributed by atoms with Gasteiger partial charge in [0.25, 0.3) is 0 Å². The van der Waals surface area contributed by atoms with E-state index in [0.29, 0.717) is 6.04 Å². The van der Waals surface area contributed by atoms with E-state index in [1.54, 1.807) is 0 Å². The lowest BCUT2D eigenvalue weighted by atomic mass is 10.1. The number of nitrogens with one attached hydrogen (secondary N) is 1. The fourth-order valence-corrected chi connectivity index (χ4v) is 3.49. The van der Waals surface area contributed by atoms with Gasteiger partial charge in [0.05, 0.1) is 10.7 Å². The summed E-state index contributed by atoms with van der Waals surface area (Å²) < 4.78 is 0. The van der Waals surface area contributed by atoms with Crippen LogP contribution < -0.4 is 5.32 Å². The molecule has 1 unspecified atom stereocenters. The number of halogens is 1. The smallest absolute Gasteiger partial charge is 0.0670 e. The van der Waals surface area contributed by atoms with Gasteiger partial charge in [0.2, 0.25) is 0 Å². The number of aliphatic hydroxyl groups excluding tert-OH is 1. The zero-order valence-corrected chi connectivity index (χ0v) is 10.9. The number of thioether (sulfide) groups is 1. The van der Waals surface area contributed by atoms with E-state index in [1.165, 1.54) is 10.5 Å². The molecule has 88 valence electrons. The lowest BCUT2D eigenvalue weighted by molar-refractivity contribution is 0.282. The van der Waals surface area contributed by atoms with Gasteiger partial charge in [-0.25, -0.2) is 0 Å². The van der Waals surface area contributed by atoms with Crippen LogP contribution in [0.4, 0.5) is 5.69 Å². The summed E-state index contributed by atoms with van der Waals surface area (Å²) in [4.78, 5) is 1.24. The molecule has 16 heavy (non-hydrogen) atoms. The number of hydrogen-bond acceptors (Lipinski definition) is 3. The van der Waals surface area contributed by atoms with Crippen LogP contribution in [-0.4, -0.2) is 23.5 Å². The van der Waals surface area contributed by atoms with Gasteiger partial charge in [-0.1, -0.05) is 11.6 Å². The Morgan fingerprint density at radius 1 is 1.56 bits per heavy atom. The number of aliphatic hydroxyl groups is 1. The Morgan fingerprint density at radius 2 is 2.38 bits per heavy atom. The maximum atomic E-state index is 8.82. The third kappa shape index (κ3) is 2.65. The molecule has 0 fully saturated rings. The highest BCUT2D eigenvalue weighted by Crippen LogP contribution is 2.39. The maximum absolute atomic E-state index is 8.82. The van der Waals surface area contributed by atoms with Gasteiger partial charge in [-0.2, -0.15) is 0 Å². The molecule has 1 atom stereocenters. The number of fused-ring (bicyclic) bond motifs is 1. The Morgan fingerprint density at radius 3 is 3.12 bits per heavy atom. The van der Waals surface area contributed by atoms with Crippen LogP contribution in [-0.2, 0) is 0 Å². The van der Waals surface area contributed by atoms with E-state index >= 15 is 0 Å². The van der Waals surface area contributed by atoms with Crippen molar-refractivity contribution in [2.45, 2.75) is 30.7 Å². The summed E-state index contributed by atoms with van der Waals surface area (Å²) in [5.74, 6) is 1.05. The van der Waals surface area contributed by atoms with Gasteiger partial charge in [0.1, 0.15) is 0 Å². The van der Waals surface area contributed by atoms with Gasteiger partial charge in [-0.3, -0.25) is 0 Å². The van der Waals surface area contributed by atoms with Crippen molar-refractivity contribution < 1.29 is 5.11 Å². The first-order chi connectivity index (χ1) is 7.70. The Labute approximate surface area is 105 Å². The standard InChI is InChI=1S/C12H16ClNOS/c1-8-5-10(13)12-11(6-8)16-7-9(14-12)3-2-4-15/h5-6,9,14-15H,2-4,7H2,1H3. The summed E-state index contributed by atoms with van der Waals surface area (Å²) >= 11 is 8.07. The van der Waals surface area contributed by atoms with Gasteiger partial charge in [-0.05, 0) is 37.5 Å². The van der Waals surface area contributed by atoms with Crippen LogP contribution in [0.5, 0.6) is 0 Å². The van der Waals surface area contributed by atoms with E-state index in [4.69, 9.17) is 16.7 Å². The van der Waals surface area contributed by atoms with Crippen LogP contribution in [0.3, 0.4) is 0 Å². The van der Waals surface area contributed by atoms with Crippen LogP contribution >= 0.6 is 23.4 Å². The predicted octanol–water partition coefficient (Wildman–Crippen LogP) is 3.31. The summed E-state index contributed by atoms with van der Waals surface area (Å²) in [5, 5.41) is 13.1. The van der Waals surface area contributed by atoms with Gasteiger partial charge in [0.15, 0.2) is 0 Å². The molecule has 0 radical (unpaired) electrons. The number of aryl methyl sites for hydroxylation is 1. The average molecular weight is 258 g/mol. The first-order valence-electron chi connectivity index (χ1n) is 5.51. The molecule has 0 bridgehead atoms. The van der Waals surface area contributed by atoms with Crippen molar-refractivity contribution in [1.29, 1.82) is 0 Å². The first-order valence-corrected chi connectivity index (χ1v) is 6.87. The van der Waals surface area contributed by atoms with Crippen molar-refractivity contribution in [2.24, 2.45) is 0 Å². The van der Waals surface area contributed by atoms with Crippen molar-refractivity contribution >= 4 is 29.1 Å². The molecule has 1 heterocycles. The molecule has 0 spiro atoms. The second-order valence-corrected chi connectivity index (χ2v) is 5.61. The highest BCUT2D eigenvalue weighted by atomic mass is 35.5. The molecule has 0 saturated carbocycles.